The standard InChI is InChI=1S/C15H19N3/c1-4-16-15-9-14(17-10-18-15)13-7-5-12(6-8-13)11(2)3/h5-11H,4H2,1-3H3,(H,16,17,18). The lowest BCUT2D eigenvalue weighted by molar-refractivity contribution is 0.867. The summed E-state index contributed by atoms with van der Waals surface area (Å²) < 4.78 is 0. The molecule has 18 heavy (non-hydrogen) atoms. The normalized spacial score (nSPS) is 10.7. The molecule has 2 rings (SSSR count). The predicted molar refractivity (Wildman–Crippen MR) is 75.7 cm³/mol. The third-order valence-electron chi connectivity index (χ3n) is 2.90. The minimum absolute atomic E-state index is 0.557. The minimum atomic E-state index is 0.557. The van der Waals surface area contributed by atoms with E-state index < -0.39 is 0 Å². The van der Waals surface area contributed by atoms with Crippen LogP contribution in [-0.2, 0) is 0 Å². The highest BCUT2D eigenvalue weighted by molar-refractivity contribution is 5.62. The van der Waals surface area contributed by atoms with Crippen LogP contribution in [0.3, 0.4) is 0 Å². The van der Waals surface area contributed by atoms with Gasteiger partial charge in [-0.15, -0.1) is 0 Å². The number of hydrogen-bond donors (Lipinski definition) is 1. The fourth-order valence-corrected chi connectivity index (χ4v) is 1.83. The zero-order valence-corrected chi connectivity index (χ0v) is 11.1. The third-order valence-corrected chi connectivity index (χ3v) is 2.90. The van der Waals surface area contributed by atoms with Gasteiger partial charge >= 0.3 is 0 Å². The van der Waals surface area contributed by atoms with E-state index in [4.69, 9.17) is 0 Å². The maximum atomic E-state index is 4.32. The van der Waals surface area contributed by atoms with Crippen LogP contribution in [0.4, 0.5) is 5.82 Å². The van der Waals surface area contributed by atoms with Crippen molar-refractivity contribution in [2.75, 3.05) is 11.9 Å². The van der Waals surface area contributed by atoms with E-state index in [-0.39, 0.29) is 0 Å². The zero-order chi connectivity index (χ0) is 13.0. The van der Waals surface area contributed by atoms with Gasteiger partial charge in [0.05, 0.1) is 5.69 Å². The van der Waals surface area contributed by atoms with Crippen LogP contribution in [-0.4, -0.2) is 16.5 Å². The molecule has 3 nitrogen and oxygen atoms in total. The van der Waals surface area contributed by atoms with Gasteiger partial charge in [0.25, 0.3) is 0 Å². The van der Waals surface area contributed by atoms with Crippen LogP contribution in [0.5, 0.6) is 0 Å². The van der Waals surface area contributed by atoms with E-state index in [0.717, 1.165) is 23.6 Å². The summed E-state index contributed by atoms with van der Waals surface area (Å²) in [7, 11) is 0. The first-order valence-electron chi connectivity index (χ1n) is 6.37. The number of aromatic nitrogens is 2. The molecule has 0 saturated carbocycles. The quantitative estimate of drug-likeness (QED) is 0.887. The summed E-state index contributed by atoms with van der Waals surface area (Å²) in [6.45, 7) is 7.31. The Hall–Kier alpha value is -1.90. The lowest BCUT2D eigenvalue weighted by atomic mass is 10.0. The van der Waals surface area contributed by atoms with Crippen LogP contribution in [0.25, 0.3) is 11.3 Å². The van der Waals surface area contributed by atoms with Gasteiger partial charge in [0.2, 0.25) is 0 Å². The topological polar surface area (TPSA) is 37.8 Å². The number of anilines is 1. The SMILES string of the molecule is CCNc1cc(-c2ccc(C(C)C)cc2)ncn1. The first kappa shape index (κ1) is 12.6. The van der Waals surface area contributed by atoms with Crippen LogP contribution in [0, 0.1) is 0 Å². The third kappa shape index (κ3) is 2.86. The molecule has 3 heteroatoms. The summed E-state index contributed by atoms with van der Waals surface area (Å²) in [5.74, 6) is 1.43. The number of nitrogens with zero attached hydrogens (tertiary/aromatic N) is 2. The molecule has 0 bridgehead atoms. The first-order valence-corrected chi connectivity index (χ1v) is 6.37. The van der Waals surface area contributed by atoms with Gasteiger partial charge < -0.3 is 5.32 Å². The van der Waals surface area contributed by atoms with Crippen molar-refractivity contribution in [1.82, 2.24) is 9.97 Å². The van der Waals surface area contributed by atoms with Crippen molar-refractivity contribution in [3.05, 3.63) is 42.2 Å². The molecule has 0 atom stereocenters. The lowest BCUT2D eigenvalue weighted by Gasteiger charge is -2.07. The van der Waals surface area contributed by atoms with Crippen LogP contribution >= 0.6 is 0 Å². The molecule has 0 saturated heterocycles. The smallest absolute Gasteiger partial charge is 0.129 e. The average Bonchev–Trinajstić information content (AvgIpc) is 2.39. The Balaban J connectivity index is 2.27. The molecule has 0 fully saturated rings. The molecular formula is C15H19N3. The molecule has 0 aliphatic heterocycles. The Morgan fingerprint density at radius 1 is 1.11 bits per heavy atom. The second-order valence-corrected chi connectivity index (χ2v) is 4.60. The van der Waals surface area contributed by atoms with E-state index >= 15 is 0 Å². The Morgan fingerprint density at radius 3 is 2.44 bits per heavy atom. The molecule has 0 unspecified atom stereocenters. The molecule has 2 aromatic rings. The average molecular weight is 241 g/mol. The molecule has 0 aliphatic rings. The molecule has 0 radical (unpaired) electrons. The Labute approximate surface area is 108 Å². The van der Waals surface area contributed by atoms with Crippen molar-refractivity contribution in [2.24, 2.45) is 0 Å². The van der Waals surface area contributed by atoms with Crippen LogP contribution in [0.15, 0.2) is 36.7 Å². The summed E-state index contributed by atoms with van der Waals surface area (Å²) in [5.41, 5.74) is 3.43. The number of rotatable bonds is 4. The van der Waals surface area contributed by atoms with Gasteiger partial charge in [-0.2, -0.15) is 0 Å². The molecule has 1 aromatic carbocycles. The highest BCUT2D eigenvalue weighted by Crippen LogP contribution is 2.22. The molecule has 1 aromatic heterocycles. The van der Waals surface area contributed by atoms with E-state index in [1.165, 1.54) is 5.56 Å². The van der Waals surface area contributed by atoms with Crippen molar-refractivity contribution in [2.45, 2.75) is 26.7 Å². The van der Waals surface area contributed by atoms with Crippen molar-refractivity contribution in [3.8, 4) is 11.3 Å². The largest absolute Gasteiger partial charge is 0.370 e. The Morgan fingerprint density at radius 2 is 1.83 bits per heavy atom. The van der Waals surface area contributed by atoms with Crippen LogP contribution < -0.4 is 5.32 Å². The van der Waals surface area contributed by atoms with Gasteiger partial charge in [-0.25, -0.2) is 9.97 Å². The molecular weight excluding hydrogens is 222 g/mol. The first-order chi connectivity index (χ1) is 8.70. The highest BCUT2D eigenvalue weighted by atomic mass is 15.0. The summed E-state index contributed by atoms with van der Waals surface area (Å²) in [5, 5.41) is 3.20. The summed E-state index contributed by atoms with van der Waals surface area (Å²) >= 11 is 0. The molecule has 0 spiro atoms. The van der Waals surface area contributed by atoms with Crippen molar-refractivity contribution >= 4 is 5.82 Å². The summed E-state index contributed by atoms with van der Waals surface area (Å²) in [6.07, 6.45) is 1.60. The number of nitrogens with one attached hydrogen (secondary N) is 1. The number of benzene rings is 1. The van der Waals surface area contributed by atoms with E-state index in [1.54, 1.807) is 6.33 Å². The van der Waals surface area contributed by atoms with Crippen LogP contribution in [0.1, 0.15) is 32.3 Å². The maximum Gasteiger partial charge on any atom is 0.129 e. The summed E-state index contributed by atoms with van der Waals surface area (Å²) in [6, 6.07) is 10.5. The molecule has 94 valence electrons. The number of hydrogen-bond acceptors (Lipinski definition) is 3. The highest BCUT2D eigenvalue weighted by Gasteiger charge is 2.03. The summed E-state index contributed by atoms with van der Waals surface area (Å²) in [4.78, 5) is 8.49. The predicted octanol–water partition coefficient (Wildman–Crippen LogP) is 3.70. The molecule has 1 heterocycles. The van der Waals surface area contributed by atoms with Gasteiger partial charge in [0.15, 0.2) is 0 Å². The van der Waals surface area contributed by atoms with Gasteiger partial charge in [-0.3, -0.25) is 0 Å². The van der Waals surface area contributed by atoms with Gasteiger partial charge in [-0.1, -0.05) is 38.1 Å². The van der Waals surface area contributed by atoms with Crippen molar-refractivity contribution in [3.63, 3.8) is 0 Å². The van der Waals surface area contributed by atoms with Gasteiger partial charge in [0.1, 0.15) is 12.1 Å². The van der Waals surface area contributed by atoms with Crippen molar-refractivity contribution < 1.29 is 0 Å². The molecule has 0 aliphatic carbocycles. The second kappa shape index (κ2) is 5.63. The van der Waals surface area contributed by atoms with E-state index in [0.29, 0.717) is 5.92 Å². The lowest BCUT2D eigenvalue weighted by Crippen LogP contribution is -1.99. The second-order valence-electron chi connectivity index (χ2n) is 4.60. The van der Waals surface area contributed by atoms with E-state index in [2.05, 4.69) is 60.3 Å². The monoisotopic (exact) mass is 241 g/mol. The van der Waals surface area contributed by atoms with E-state index in [1.807, 2.05) is 6.07 Å². The van der Waals surface area contributed by atoms with Gasteiger partial charge in [0, 0.05) is 18.2 Å². The fraction of sp³-hybridized carbons (Fsp3) is 0.333. The van der Waals surface area contributed by atoms with Crippen LogP contribution in [0.2, 0.25) is 0 Å². The van der Waals surface area contributed by atoms with E-state index in [9.17, 15) is 0 Å². The Kier molecular flexibility index (Phi) is 3.92. The van der Waals surface area contributed by atoms with Gasteiger partial charge in [-0.05, 0) is 18.4 Å². The molecule has 1 N–H and O–H groups in total. The maximum absolute atomic E-state index is 4.32. The zero-order valence-electron chi connectivity index (χ0n) is 11.1. The Bertz CT molecular complexity index is 503. The van der Waals surface area contributed by atoms with Crippen molar-refractivity contribution in [1.29, 1.82) is 0 Å². The minimum Gasteiger partial charge on any atom is -0.370 e. The molecule has 0 amide bonds. The fourth-order valence-electron chi connectivity index (χ4n) is 1.83.